The van der Waals surface area contributed by atoms with Crippen molar-refractivity contribution in [3.8, 4) is 0 Å². The Hall–Kier alpha value is -1.56. The van der Waals surface area contributed by atoms with Crippen LogP contribution in [0.4, 0.5) is 0 Å². The minimum atomic E-state index is -2.98. The number of nitrogens with zero attached hydrogens (tertiary/aromatic N) is 2. The van der Waals surface area contributed by atoms with Gasteiger partial charge in [-0.3, -0.25) is 4.99 Å². The molecule has 2 fully saturated rings. The first kappa shape index (κ1) is 17.3. The molecule has 5 nitrogen and oxygen atoms in total. The number of aliphatic imine (C=N–C) groups is 1. The number of likely N-dealkylation sites (tertiary alicyclic amines) is 1. The maximum Gasteiger partial charge on any atom is 0.193 e. The van der Waals surface area contributed by atoms with Crippen molar-refractivity contribution in [2.24, 2.45) is 10.4 Å². The van der Waals surface area contributed by atoms with Crippen molar-refractivity contribution >= 4 is 15.8 Å². The van der Waals surface area contributed by atoms with Crippen LogP contribution in [0, 0.1) is 5.41 Å². The van der Waals surface area contributed by atoms with Crippen molar-refractivity contribution in [3.63, 3.8) is 0 Å². The average Bonchev–Trinajstić information content (AvgIpc) is 2.94. The third kappa shape index (κ3) is 4.09. The molecule has 1 heterocycles. The molecule has 0 amide bonds. The highest BCUT2D eigenvalue weighted by atomic mass is 32.2. The molecule has 1 aliphatic carbocycles. The van der Waals surface area contributed by atoms with Gasteiger partial charge in [-0.05, 0) is 35.8 Å². The van der Waals surface area contributed by atoms with E-state index < -0.39 is 9.84 Å². The van der Waals surface area contributed by atoms with Gasteiger partial charge < -0.3 is 10.2 Å². The lowest BCUT2D eigenvalue weighted by Gasteiger charge is -2.38. The number of benzene rings is 1. The number of sulfone groups is 1. The van der Waals surface area contributed by atoms with Crippen LogP contribution in [0.5, 0.6) is 0 Å². The number of rotatable bonds is 4. The minimum absolute atomic E-state index is 0.0955. The standard InChI is InChI=1S/C18H27N3O2S/c1-19-17(21-11-10-18(14-21)8-3-9-18)20-12-15-4-6-16(7-5-15)13-24(2,22)23/h4-7H,3,8-14H2,1-2H3,(H,19,20). The fourth-order valence-corrected chi connectivity index (χ4v) is 4.57. The minimum Gasteiger partial charge on any atom is -0.352 e. The van der Waals surface area contributed by atoms with Gasteiger partial charge in [0, 0.05) is 32.9 Å². The Morgan fingerprint density at radius 2 is 1.88 bits per heavy atom. The molecular formula is C18H27N3O2S. The van der Waals surface area contributed by atoms with Crippen LogP contribution >= 0.6 is 0 Å². The molecule has 1 spiro atoms. The lowest BCUT2D eigenvalue weighted by atomic mass is 9.68. The summed E-state index contributed by atoms with van der Waals surface area (Å²) in [6, 6.07) is 7.75. The molecule has 1 aromatic rings. The van der Waals surface area contributed by atoms with Crippen molar-refractivity contribution < 1.29 is 8.42 Å². The molecule has 1 saturated heterocycles. The predicted octanol–water partition coefficient (Wildman–Crippen LogP) is 2.18. The highest BCUT2D eigenvalue weighted by Crippen LogP contribution is 2.47. The largest absolute Gasteiger partial charge is 0.352 e. The van der Waals surface area contributed by atoms with Crippen LogP contribution in [0.15, 0.2) is 29.3 Å². The molecule has 0 aromatic heterocycles. The zero-order valence-corrected chi connectivity index (χ0v) is 15.4. The highest BCUT2D eigenvalue weighted by molar-refractivity contribution is 7.89. The third-order valence-electron chi connectivity index (χ3n) is 5.27. The van der Waals surface area contributed by atoms with Crippen LogP contribution in [0.3, 0.4) is 0 Å². The molecule has 1 aromatic carbocycles. The molecule has 24 heavy (non-hydrogen) atoms. The van der Waals surface area contributed by atoms with Crippen LogP contribution < -0.4 is 5.32 Å². The number of hydrogen-bond acceptors (Lipinski definition) is 3. The SMILES string of the molecule is CN=C(NCc1ccc(CS(C)(=O)=O)cc1)N1CCC2(CCC2)C1. The Balaban J connectivity index is 1.54. The first-order valence-corrected chi connectivity index (χ1v) is 10.7. The molecule has 6 heteroatoms. The van der Waals surface area contributed by atoms with Crippen molar-refractivity contribution in [1.29, 1.82) is 0 Å². The van der Waals surface area contributed by atoms with Gasteiger partial charge in [-0.2, -0.15) is 0 Å². The van der Waals surface area contributed by atoms with Crippen molar-refractivity contribution in [2.45, 2.75) is 38.0 Å². The van der Waals surface area contributed by atoms with Crippen molar-refractivity contribution in [2.75, 3.05) is 26.4 Å². The Bertz CT molecular complexity index is 706. The van der Waals surface area contributed by atoms with E-state index in [-0.39, 0.29) is 5.75 Å². The molecule has 2 aliphatic rings. The smallest absolute Gasteiger partial charge is 0.193 e. The summed E-state index contributed by atoms with van der Waals surface area (Å²) in [6.07, 6.45) is 6.65. The number of guanidine groups is 1. The van der Waals surface area contributed by atoms with E-state index in [1.54, 1.807) is 0 Å². The van der Waals surface area contributed by atoms with E-state index in [1.165, 1.54) is 31.9 Å². The van der Waals surface area contributed by atoms with E-state index in [0.717, 1.165) is 30.2 Å². The van der Waals surface area contributed by atoms with Crippen LogP contribution in [0.25, 0.3) is 0 Å². The molecule has 0 unspecified atom stereocenters. The fourth-order valence-electron chi connectivity index (χ4n) is 3.77. The Kier molecular flexibility index (Phi) is 4.85. The van der Waals surface area contributed by atoms with Crippen LogP contribution in [0.2, 0.25) is 0 Å². The van der Waals surface area contributed by atoms with E-state index in [4.69, 9.17) is 0 Å². The maximum absolute atomic E-state index is 11.3. The maximum atomic E-state index is 11.3. The quantitative estimate of drug-likeness (QED) is 0.668. The van der Waals surface area contributed by atoms with Gasteiger partial charge >= 0.3 is 0 Å². The van der Waals surface area contributed by atoms with Gasteiger partial charge in [-0.25, -0.2) is 8.42 Å². The summed E-state index contributed by atoms with van der Waals surface area (Å²) in [5.41, 5.74) is 2.52. The Labute approximate surface area is 145 Å². The van der Waals surface area contributed by atoms with Gasteiger partial charge in [-0.15, -0.1) is 0 Å². The second-order valence-corrected chi connectivity index (χ2v) is 9.45. The number of nitrogens with one attached hydrogen (secondary N) is 1. The summed E-state index contributed by atoms with van der Waals surface area (Å²) < 4.78 is 22.7. The van der Waals surface area contributed by atoms with Crippen LogP contribution in [0.1, 0.15) is 36.8 Å². The van der Waals surface area contributed by atoms with E-state index in [9.17, 15) is 8.42 Å². The summed E-state index contributed by atoms with van der Waals surface area (Å²) in [5, 5.41) is 3.44. The van der Waals surface area contributed by atoms with Gasteiger partial charge in [-0.1, -0.05) is 30.7 Å². The van der Waals surface area contributed by atoms with E-state index >= 15 is 0 Å². The van der Waals surface area contributed by atoms with Crippen molar-refractivity contribution in [1.82, 2.24) is 10.2 Å². The zero-order valence-electron chi connectivity index (χ0n) is 14.6. The normalized spacial score (nSPS) is 20.2. The van der Waals surface area contributed by atoms with Gasteiger partial charge in [0.05, 0.1) is 5.75 Å². The predicted molar refractivity (Wildman–Crippen MR) is 97.7 cm³/mol. The molecule has 0 atom stereocenters. The van der Waals surface area contributed by atoms with Crippen LogP contribution in [-0.2, 0) is 22.1 Å². The molecule has 1 saturated carbocycles. The first-order chi connectivity index (χ1) is 11.4. The molecular weight excluding hydrogens is 322 g/mol. The molecule has 132 valence electrons. The third-order valence-corrected chi connectivity index (χ3v) is 6.12. The van der Waals surface area contributed by atoms with Gasteiger partial charge in [0.2, 0.25) is 0 Å². The lowest BCUT2D eigenvalue weighted by molar-refractivity contribution is 0.151. The molecule has 3 rings (SSSR count). The number of hydrogen-bond donors (Lipinski definition) is 1. The zero-order chi connectivity index (χ0) is 17.2. The second-order valence-electron chi connectivity index (χ2n) is 7.31. The Morgan fingerprint density at radius 1 is 1.21 bits per heavy atom. The summed E-state index contributed by atoms with van der Waals surface area (Å²) in [5.74, 6) is 1.07. The monoisotopic (exact) mass is 349 g/mol. The summed E-state index contributed by atoms with van der Waals surface area (Å²) in [7, 11) is -1.14. The average molecular weight is 350 g/mol. The fraction of sp³-hybridized carbons (Fsp3) is 0.611. The summed E-state index contributed by atoms with van der Waals surface area (Å²) >= 11 is 0. The topological polar surface area (TPSA) is 61.8 Å². The Morgan fingerprint density at radius 3 is 2.38 bits per heavy atom. The van der Waals surface area contributed by atoms with Gasteiger partial charge in [0.25, 0.3) is 0 Å². The van der Waals surface area contributed by atoms with Crippen LogP contribution in [-0.4, -0.2) is 45.7 Å². The highest BCUT2D eigenvalue weighted by Gasteiger charge is 2.43. The molecule has 1 aliphatic heterocycles. The lowest BCUT2D eigenvalue weighted by Crippen LogP contribution is -2.42. The summed E-state index contributed by atoms with van der Waals surface area (Å²) in [4.78, 5) is 6.80. The van der Waals surface area contributed by atoms with E-state index in [1.807, 2.05) is 31.3 Å². The summed E-state index contributed by atoms with van der Waals surface area (Å²) in [6.45, 7) is 2.92. The molecule has 0 radical (unpaired) electrons. The van der Waals surface area contributed by atoms with Gasteiger partial charge in [0.15, 0.2) is 15.8 Å². The van der Waals surface area contributed by atoms with E-state index in [2.05, 4.69) is 15.2 Å². The van der Waals surface area contributed by atoms with E-state index in [0.29, 0.717) is 12.0 Å². The first-order valence-electron chi connectivity index (χ1n) is 8.60. The van der Waals surface area contributed by atoms with Gasteiger partial charge in [0.1, 0.15) is 0 Å². The van der Waals surface area contributed by atoms with Crippen molar-refractivity contribution in [3.05, 3.63) is 35.4 Å². The second kappa shape index (κ2) is 6.75. The molecule has 1 N–H and O–H groups in total. The molecule has 0 bridgehead atoms.